The van der Waals surface area contributed by atoms with Crippen molar-refractivity contribution in [1.29, 1.82) is 0 Å². The number of sulfonamides is 1. The van der Waals surface area contributed by atoms with Gasteiger partial charge in [-0.3, -0.25) is 14.5 Å². The SMILES string of the molecule is CC(C)N1CCc2nc(C(=O)N[C@@H]3CN(S(C)(=O)=O)C[C@H]3NC(=O)c3cc4cc(Cl)ccc4[nH]3)sc2C1. The number of fused-ring (bicyclic) bond motifs is 2. The van der Waals surface area contributed by atoms with Crippen LogP contribution in [-0.2, 0) is 23.0 Å². The Labute approximate surface area is 224 Å². The average molecular weight is 565 g/mol. The van der Waals surface area contributed by atoms with Crippen LogP contribution in [0.4, 0.5) is 0 Å². The Bertz CT molecular complexity index is 1470. The highest BCUT2D eigenvalue weighted by molar-refractivity contribution is 7.88. The van der Waals surface area contributed by atoms with E-state index < -0.39 is 28.0 Å². The van der Waals surface area contributed by atoms with Crippen molar-refractivity contribution in [2.75, 3.05) is 25.9 Å². The average Bonchev–Trinajstić information content (AvgIpc) is 3.54. The second-order valence-electron chi connectivity index (χ2n) is 9.86. The van der Waals surface area contributed by atoms with Crippen molar-refractivity contribution < 1.29 is 18.0 Å². The number of benzene rings is 1. The summed E-state index contributed by atoms with van der Waals surface area (Å²) in [5.74, 6) is -0.763. The molecule has 10 nitrogen and oxygen atoms in total. The summed E-state index contributed by atoms with van der Waals surface area (Å²) in [4.78, 5) is 37.3. The number of halogens is 1. The third kappa shape index (κ3) is 5.53. The van der Waals surface area contributed by atoms with Crippen LogP contribution in [0, 0.1) is 0 Å². The Morgan fingerprint density at radius 3 is 2.54 bits per heavy atom. The molecule has 13 heteroatoms. The molecule has 0 spiro atoms. The first-order valence-electron chi connectivity index (χ1n) is 12.1. The fraction of sp³-hybridized carbons (Fsp3) is 0.458. The number of nitrogens with one attached hydrogen (secondary N) is 3. The lowest BCUT2D eigenvalue weighted by Crippen LogP contribution is -2.51. The van der Waals surface area contributed by atoms with Crippen molar-refractivity contribution in [3.05, 3.63) is 50.6 Å². The summed E-state index contributed by atoms with van der Waals surface area (Å²) in [6.45, 7) is 6.07. The highest BCUT2D eigenvalue weighted by Crippen LogP contribution is 2.27. The van der Waals surface area contributed by atoms with Crippen LogP contribution < -0.4 is 10.6 Å². The molecule has 5 rings (SSSR count). The maximum Gasteiger partial charge on any atom is 0.280 e. The Hall–Kier alpha value is -2.51. The third-order valence-electron chi connectivity index (χ3n) is 6.90. The van der Waals surface area contributed by atoms with Gasteiger partial charge < -0.3 is 15.6 Å². The standard InChI is InChI=1S/C24H29ClN6O4S2/c1-13(2)30-7-6-17-21(12-30)36-24(29-17)23(33)28-20-11-31(37(3,34)35)10-19(20)27-22(32)18-9-14-8-15(25)4-5-16(14)26-18/h4-5,8-9,13,19-20,26H,6-7,10-12H2,1-3H3,(H,27,32)(H,28,33)/t19-,20-/m1/s1. The van der Waals surface area contributed by atoms with E-state index in [2.05, 4.69) is 39.3 Å². The number of amides is 2. The minimum absolute atomic E-state index is 0.0549. The summed E-state index contributed by atoms with van der Waals surface area (Å²) < 4.78 is 25.8. The minimum atomic E-state index is -3.52. The van der Waals surface area contributed by atoms with Gasteiger partial charge in [0, 0.05) is 59.4 Å². The number of rotatable bonds is 6. The zero-order valence-corrected chi connectivity index (χ0v) is 23.1. The van der Waals surface area contributed by atoms with E-state index in [1.807, 2.05) is 0 Å². The predicted molar refractivity (Wildman–Crippen MR) is 144 cm³/mol. The van der Waals surface area contributed by atoms with Gasteiger partial charge >= 0.3 is 0 Å². The zero-order valence-electron chi connectivity index (χ0n) is 20.7. The van der Waals surface area contributed by atoms with E-state index in [1.165, 1.54) is 15.6 Å². The third-order valence-corrected chi connectivity index (χ3v) is 9.45. The summed E-state index contributed by atoms with van der Waals surface area (Å²) >= 11 is 7.42. The summed E-state index contributed by atoms with van der Waals surface area (Å²) in [7, 11) is -3.52. The van der Waals surface area contributed by atoms with Crippen molar-refractivity contribution in [3.63, 3.8) is 0 Å². The van der Waals surface area contributed by atoms with E-state index in [4.69, 9.17) is 11.6 Å². The molecule has 0 radical (unpaired) electrons. The molecule has 0 aliphatic carbocycles. The number of hydrogen-bond donors (Lipinski definition) is 3. The van der Waals surface area contributed by atoms with Crippen molar-refractivity contribution in [1.82, 2.24) is 29.8 Å². The molecule has 1 aromatic carbocycles. The largest absolute Gasteiger partial charge is 0.351 e. The van der Waals surface area contributed by atoms with E-state index in [1.54, 1.807) is 24.3 Å². The summed E-state index contributed by atoms with van der Waals surface area (Å²) in [5.41, 5.74) is 2.02. The fourth-order valence-corrected chi connectivity index (χ4v) is 6.87. The summed E-state index contributed by atoms with van der Waals surface area (Å²) in [6, 6.07) is 6.13. The monoisotopic (exact) mass is 564 g/mol. The summed E-state index contributed by atoms with van der Waals surface area (Å²) in [6.07, 6.45) is 1.91. The van der Waals surface area contributed by atoms with Crippen molar-refractivity contribution in [2.24, 2.45) is 0 Å². The van der Waals surface area contributed by atoms with Crippen LogP contribution in [0.15, 0.2) is 24.3 Å². The summed E-state index contributed by atoms with van der Waals surface area (Å²) in [5, 5.41) is 7.52. The van der Waals surface area contributed by atoms with Crippen molar-refractivity contribution in [3.8, 4) is 0 Å². The number of H-pyrrole nitrogens is 1. The molecule has 0 unspecified atom stereocenters. The molecule has 0 saturated carbocycles. The lowest BCUT2D eigenvalue weighted by Gasteiger charge is -2.29. The molecule has 2 aliphatic rings. The van der Waals surface area contributed by atoms with Gasteiger partial charge in [0.05, 0.1) is 24.0 Å². The first-order valence-corrected chi connectivity index (χ1v) is 15.1. The van der Waals surface area contributed by atoms with Crippen molar-refractivity contribution >= 4 is 55.7 Å². The van der Waals surface area contributed by atoms with Gasteiger partial charge in [-0.05, 0) is 38.1 Å². The van der Waals surface area contributed by atoms with Crippen LogP contribution in [0.2, 0.25) is 5.02 Å². The van der Waals surface area contributed by atoms with E-state index in [0.29, 0.717) is 21.8 Å². The molecule has 198 valence electrons. The first kappa shape index (κ1) is 26.1. The maximum atomic E-state index is 13.2. The second-order valence-corrected chi connectivity index (χ2v) is 13.4. The zero-order chi connectivity index (χ0) is 26.5. The van der Waals surface area contributed by atoms with Crippen LogP contribution in [-0.4, -0.2) is 83.4 Å². The molecule has 37 heavy (non-hydrogen) atoms. The lowest BCUT2D eigenvalue weighted by molar-refractivity contribution is 0.0894. The number of carbonyl (C=O) groups excluding carboxylic acids is 2. The molecule has 3 aromatic rings. The van der Waals surface area contributed by atoms with Gasteiger partial charge in [0.15, 0.2) is 5.01 Å². The number of nitrogens with zero attached hydrogens (tertiary/aromatic N) is 3. The molecule has 1 saturated heterocycles. The molecule has 3 N–H and O–H groups in total. The van der Waals surface area contributed by atoms with Gasteiger partial charge in [0.1, 0.15) is 5.69 Å². The first-order chi connectivity index (χ1) is 17.5. The number of hydrogen-bond acceptors (Lipinski definition) is 7. The Balaban J connectivity index is 1.32. The topological polar surface area (TPSA) is 128 Å². The van der Waals surface area contributed by atoms with Gasteiger partial charge in [0.2, 0.25) is 10.0 Å². The van der Waals surface area contributed by atoms with Gasteiger partial charge in [0.25, 0.3) is 11.8 Å². The number of aromatic amines is 1. The van der Waals surface area contributed by atoms with Crippen LogP contribution >= 0.6 is 22.9 Å². The van der Waals surface area contributed by atoms with Crippen LogP contribution in [0.3, 0.4) is 0 Å². The highest BCUT2D eigenvalue weighted by Gasteiger charge is 2.39. The van der Waals surface area contributed by atoms with E-state index in [0.717, 1.165) is 47.2 Å². The van der Waals surface area contributed by atoms with Crippen LogP contribution in [0.5, 0.6) is 0 Å². The molecule has 0 bridgehead atoms. The van der Waals surface area contributed by atoms with Crippen LogP contribution in [0.1, 0.15) is 44.7 Å². The Morgan fingerprint density at radius 2 is 1.86 bits per heavy atom. The van der Waals surface area contributed by atoms with Crippen LogP contribution in [0.25, 0.3) is 10.9 Å². The van der Waals surface area contributed by atoms with Gasteiger partial charge in [-0.25, -0.2) is 13.4 Å². The normalized spacial score (nSPS) is 20.9. The molecule has 4 heterocycles. The van der Waals surface area contributed by atoms with E-state index in [-0.39, 0.29) is 19.0 Å². The number of aromatic nitrogens is 2. The van der Waals surface area contributed by atoms with Gasteiger partial charge in [-0.2, -0.15) is 4.31 Å². The van der Waals surface area contributed by atoms with Crippen molar-refractivity contribution in [2.45, 2.75) is 44.9 Å². The number of carbonyl (C=O) groups is 2. The molecule has 1 fully saturated rings. The fourth-order valence-electron chi connectivity index (χ4n) is 4.79. The molecule has 2 amide bonds. The lowest BCUT2D eigenvalue weighted by atomic mass is 10.1. The smallest absolute Gasteiger partial charge is 0.280 e. The maximum absolute atomic E-state index is 13.2. The minimum Gasteiger partial charge on any atom is -0.351 e. The quantitative estimate of drug-likeness (QED) is 0.421. The Morgan fingerprint density at radius 1 is 1.16 bits per heavy atom. The van der Waals surface area contributed by atoms with Gasteiger partial charge in [-0.1, -0.05) is 11.6 Å². The molecular weight excluding hydrogens is 536 g/mol. The molecule has 2 aromatic heterocycles. The molecule has 2 aliphatic heterocycles. The van der Waals surface area contributed by atoms with Gasteiger partial charge in [-0.15, -0.1) is 11.3 Å². The molecular formula is C24H29ClN6O4S2. The van der Waals surface area contributed by atoms with E-state index >= 15 is 0 Å². The van der Waals surface area contributed by atoms with E-state index in [9.17, 15) is 18.0 Å². The molecule has 2 atom stereocenters. The number of thiazole rings is 1. The predicted octanol–water partition coefficient (Wildman–Crippen LogP) is 2.22. The highest BCUT2D eigenvalue weighted by atomic mass is 35.5. The second kappa shape index (κ2) is 9.99. The Kier molecular flexibility index (Phi) is 7.05.